The van der Waals surface area contributed by atoms with Crippen LogP contribution in [0, 0.1) is 18.3 Å². The van der Waals surface area contributed by atoms with Gasteiger partial charge in [0.15, 0.2) is 0 Å². The zero-order chi connectivity index (χ0) is 12.9. The molecule has 1 aromatic rings. The molecule has 22 heavy (non-hydrogen) atoms. The van der Waals surface area contributed by atoms with E-state index in [1.54, 1.807) is 0 Å². The topological polar surface area (TPSA) is 0 Å². The zero-order valence-electron chi connectivity index (χ0n) is 12.5. The Hall–Kier alpha value is -0.227. The van der Waals surface area contributed by atoms with Gasteiger partial charge in [0.1, 0.15) is 0 Å². The number of hydrogen-bond acceptors (Lipinski definition) is 0. The van der Waals surface area contributed by atoms with Gasteiger partial charge in [-0.3, -0.25) is 0 Å². The predicted octanol–water partition coefficient (Wildman–Crippen LogP) is -1.12. The summed E-state index contributed by atoms with van der Waals surface area (Å²) in [5.74, 6) is 1.62. The molecule has 4 rings (SSSR count). The normalized spacial score (nSPS) is 22.7. The van der Waals surface area contributed by atoms with E-state index in [2.05, 4.69) is 73.2 Å². The zero-order valence-corrected chi connectivity index (χ0v) is 16.4. The standard InChI is InChI=1S/C10H9.C9H11.2ClH.Zr/c1-2-5-9-7-4-8-10(9)6-3-1;1-2-5-9-7-3-6-8(9)4-1;;;/h1-5,7-8H,6H2;1-2,4-6,8-9H,3,7H2;2*1H;/q2*-1;;;+4/p-2. The molecular weight excluding hydrogens is 390 g/mol. The van der Waals surface area contributed by atoms with Crippen LogP contribution in [0.3, 0.4) is 0 Å². The Morgan fingerprint density at radius 2 is 1.82 bits per heavy atom. The molecule has 2 unspecified atom stereocenters. The van der Waals surface area contributed by atoms with Gasteiger partial charge in [-0.2, -0.15) is 29.7 Å². The summed E-state index contributed by atoms with van der Waals surface area (Å²) in [7, 11) is 0. The average Bonchev–Trinajstić information content (AvgIpc) is 3.04. The van der Waals surface area contributed by atoms with E-state index in [-0.39, 0.29) is 51.0 Å². The molecule has 0 aromatic heterocycles. The van der Waals surface area contributed by atoms with Gasteiger partial charge in [-0.05, 0) is 5.92 Å². The van der Waals surface area contributed by atoms with Crippen molar-refractivity contribution in [2.45, 2.75) is 19.3 Å². The first-order valence-electron chi connectivity index (χ1n) is 7.19. The second kappa shape index (κ2) is 11.3. The van der Waals surface area contributed by atoms with Crippen molar-refractivity contribution in [1.29, 1.82) is 0 Å². The van der Waals surface area contributed by atoms with E-state index in [9.17, 15) is 0 Å². The quantitative estimate of drug-likeness (QED) is 0.476. The number of rotatable bonds is 0. The fourth-order valence-electron chi connectivity index (χ4n) is 2.95. The van der Waals surface area contributed by atoms with Gasteiger partial charge in [-0.25, -0.2) is 0 Å². The Bertz CT molecular complexity index is 519. The summed E-state index contributed by atoms with van der Waals surface area (Å²) >= 11 is 0. The molecule has 1 aromatic carbocycles. The second-order valence-corrected chi connectivity index (χ2v) is 5.32. The van der Waals surface area contributed by atoms with Gasteiger partial charge in [0, 0.05) is 0 Å². The van der Waals surface area contributed by atoms with Gasteiger partial charge < -0.3 is 31.2 Å². The van der Waals surface area contributed by atoms with Crippen LogP contribution < -0.4 is 24.8 Å². The Morgan fingerprint density at radius 3 is 2.64 bits per heavy atom. The summed E-state index contributed by atoms with van der Waals surface area (Å²) in [6.45, 7) is 0. The van der Waals surface area contributed by atoms with Gasteiger partial charge in [0.2, 0.25) is 0 Å². The van der Waals surface area contributed by atoms with E-state index in [1.165, 1.54) is 24.0 Å². The molecule has 0 nitrogen and oxygen atoms in total. The summed E-state index contributed by atoms with van der Waals surface area (Å²) in [6, 6.07) is 6.43. The first-order valence-corrected chi connectivity index (χ1v) is 7.19. The Balaban J connectivity index is 0.000000354. The van der Waals surface area contributed by atoms with Crippen molar-refractivity contribution < 1.29 is 51.0 Å². The van der Waals surface area contributed by atoms with Crippen molar-refractivity contribution in [1.82, 2.24) is 0 Å². The van der Waals surface area contributed by atoms with Crippen LogP contribution in [-0.4, -0.2) is 0 Å². The van der Waals surface area contributed by atoms with Crippen LogP contribution in [-0.2, 0) is 32.6 Å². The SMILES string of the molecule is C1=CC2[CH-]CCC2C=C1.C1=CCc2cc[cH-]c2C=C1.[Cl-].[Cl-].[Zr+4]. The van der Waals surface area contributed by atoms with Crippen LogP contribution in [0.25, 0.3) is 6.08 Å². The van der Waals surface area contributed by atoms with Crippen LogP contribution >= 0.6 is 0 Å². The summed E-state index contributed by atoms with van der Waals surface area (Å²) in [4.78, 5) is 0. The van der Waals surface area contributed by atoms with Crippen molar-refractivity contribution in [3.05, 3.63) is 78.3 Å². The van der Waals surface area contributed by atoms with Gasteiger partial charge in [0.05, 0.1) is 0 Å². The van der Waals surface area contributed by atoms with Crippen molar-refractivity contribution in [3.8, 4) is 0 Å². The van der Waals surface area contributed by atoms with Crippen molar-refractivity contribution >= 4 is 6.08 Å². The summed E-state index contributed by atoms with van der Waals surface area (Å²) in [5, 5.41) is 0. The molecule has 0 heterocycles. The minimum absolute atomic E-state index is 0. The predicted molar refractivity (Wildman–Crippen MR) is 82.7 cm³/mol. The van der Waals surface area contributed by atoms with Gasteiger partial charge >= 0.3 is 26.2 Å². The number of hydrogen-bond donors (Lipinski definition) is 0. The van der Waals surface area contributed by atoms with Crippen molar-refractivity contribution in [2.75, 3.05) is 0 Å². The molecule has 0 spiro atoms. The maximum atomic E-state index is 2.42. The minimum Gasteiger partial charge on any atom is -1.00 e. The maximum Gasteiger partial charge on any atom is 4.00 e. The largest absolute Gasteiger partial charge is 4.00 e. The third-order valence-electron chi connectivity index (χ3n) is 4.04. The molecule has 0 N–H and O–H groups in total. The van der Waals surface area contributed by atoms with E-state index in [4.69, 9.17) is 0 Å². The molecule has 2 atom stereocenters. The Kier molecular flexibility index (Phi) is 11.2. The smallest absolute Gasteiger partial charge is 1.00 e. The van der Waals surface area contributed by atoms with E-state index in [0.717, 1.165) is 18.3 Å². The fourth-order valence-corrected chi connectivity index (χ4v) is 2.95. The molecular formula is C19H20Cl2Zr. The first kappa shape index (κ1) is 21.8. The second-order valence-electron chi connectivity index (χ2n) is 5.32. The Morgan fingerprint density at radius 1 is 1.00 bits per heavy atom. The van der Waals surface area contributed by atoms with Crippen molar-refractivity contribution in [2.24, 2.45) is 11.8 Å². The number of halogens is 2. The van der Waals surface area contributed by atoms with E-state index >= 15 is 0 Å². The van der Waals surface area contributed by atoms with Gasteiger partial charge in [0.25, 0.3) is 0 Å². The molecule has 3 heteroatoms. The summed E-state index contributed by atoms with van der Waals surface area (Å²) in [6.07, 6.45) is 23.7. The van der Waals surface area contributed by atoms with E-state index < -0.39 is 0 Å². The van der Waals surface area contributed by atoms with Crippen LogP contribution in [0.15, 0.2) is 60.7 Å². The van der Waals surface area contributed by atoms with Gasteiger partial charge in [-0.1, -0.05) is 43.2 Å². The van der Waals surface area contributed by atoms with Crippen LogP contribution in [0.2, 0.25) is 0 Å². The third kappa shape index (κ3) is 5.76. The molecule has 3 aliphatic rings. The van der Waals surface area contributed by atoms with Gasteiger partial charge in [-0.15, -0.1) is 30.2 Å². The number of allylic oxidation sites excluding steroid dienone is 7. The maximum absolute atomic E-state index is 2.42. The molecule has 0 bridgehead atoms. The van der Waals surface area contributed by atoms with Crippen LogP contribution in [0.1, 0.15) is 24.0 Å². The molecule has 0 amide bonds. The molecule has 1 saturated carbocycles. The third-order valence-corrected chi connectivity index (χ3v) is 4.04. The fraction of sp³-hybridized carbons (Fsp3) is 0.263. The summed E-state index contributed by atoms with van der Waals surface area (Å²) in [5.41, 5.74) is 2.80. The molecule has 0 radical (unpaired) electrons. The summed E-state index contributed by atoms with van der Waals surface area (Å²) < 4.78 is 0. The van der Waals surface area contributed by atoms with E-state index in [1.807, 2.05) is 0 Å². The van der Waals surface area contributed by atoms with Crippen LogP contribution in [0.4, 0.5) is 0 Å². The first-order chi connectivity index (χ1) is 9.43. The molecule has 0 aliphatic heterocycles. The molecule has 0 saturated heterocycles. The van der Waals surface area contributed by atoms with Crippen molar-refractivity contribution in [3.63, 3.8) is 0 Å². The van der Waals surface area contributed by atoms with Crippen LogP contribution in [0.5, 0.6) is 0 Å². The molecule has 114 valence electrons. The Labute approximate surface area is 165 Å². The molecule has 1 fully saturated rings. The van der Waals surface area contributed by atoms with E-state index in [0.29, 0.717) is 0 Å². The molecule has 3 aliphatic carbocycles. The average molecular weight is 410 g/mol. The monoisotopic (exact) mass is 408 g/mol. The number of fused-ring (bicyclic) bond motifs is 2. The minimum atomic E-state index is 0.